The Morgan fingerprint density at radius 3 is 2.77 bits per heavy atom. The van der Waals surface area contributed by atoms with Crippen LogP contribution in [0.1, 0.15) is 22.1 Å². The number of carbonyl (C=O) groups is 3. The zero-order valence-electron chi connectivity index (χ0n) is 15.6. The average molecular weight is 488 g/mol. The molecule has 0 radical (unpaired) electrons. The molecular formula is C21H14BrNO6S. The lowest BCUT2D eigenvalue weighted by Gasteiger charge is -2.09. The first-order valence-corrected chi connectivity index (χ1v) is 10.3. The summed E-state index contributed by atoms with van der Waals surface area (Å²) in [7, 11) is 1.24. The molecule has 0 bridgehead atoms. The number of benzene rings is 1. The zero-order chi connectivity index (χ0) is 21.3. The maximum atomic E-state index is 12.7. The van der Waals surface area contributed by atoms with Crippen LogP contribution in [0.25, 0.3) is 17.4 Å². The van der Waals surface area contributed by atoms with E-state index in [4.69, 9.17) is 8.83 Å². The van der Waals surface area contributed by atoms with Gasteiger partial charge in [-0.1, -0.05) is 28.1 Å². The van der Waals surface area contributed by atoms with E-state index in [2.05, 4.69) is 20.7 Å². The van der Waals surface area contributed by atoms with E-state index < -0.39 is 17.1 Å². The van der Waals surface area contributed by atoms with E-state index in [1.807, 2.05) is 24.3 Å². The minimum atomic E-state index is -0.630. The normalized spacial score (nSPS) is 15.3. The highest BCUT2D eigenvalue weighted by Gasteiger charge is 2.36. The Bertz CT molecular complexity index is 1180. The largest absolute Gasteiger partial charge is 0.463 e. The molecule has 30 heavy (non-hydrogen) atoms. The van der Waals surface area contributed by atoms with Gasteiger partial charge in [0.05, 0.1) is 18.6 Å². The van der Waals surface area contributed by atoms with Crippen molar-refractivity contribution in [2.45, 2.75) is 6.54 Å². The lowest BCUT2D eigenvalue weighted by molar-refractivity contribution is -0.123. The van der Waals surface area contributed by atoms with Crippen LogP contribution in [-0.2, 0) is 16.1 Å². The Labute approximate surface area is 183 Å². The number of rotatable bonds is 5. The number of carbonyl (C=O) groups excluding carboxylic acids is 3. The molecule has 7 nitrogen and oxygen atoms in total. The summed E-state index contributed by atoms with van der Waals surface area (Å²) in [5, 5.41) is -0.430. The minimum Gasteiger partial charge on any atom is -0.463 e. The molecule has 3 aromatic rings. The van der Waals surface area contributed by atoms with Crippen molar-refractivity contribution in [3.05, 3.63) is 75.2 Å². The quantitative estimate of drug-likeness (QED) is 0.355. The van der Waals surface area contributed by atoms with Gasteiger partial charge in [-0.25, -0.2) is 4.79 Å². The maximum Gasteiger partial charge on any atom is 0.373 e. The van der Waals surface area contributed by atoms with Crippen LogP contribution in [-0.4, -0.2) is 29.1 Å². The topological polar surface area (TPSA) is 90.0 Å². The molecular weight excluding hydrogens is 474 g/mol. The molecule has 1 saturated heterocycles. The highest BCUT2D eigenvalue weighted by atomic mass is 79.9. The summed E-state index contributed by atoms with van der Waals surface area (Å²) in [5.74, 6) is 0.324. The number of thioether (sulfide) groups is 1. The number of amides is 2. The first kappa shape index (κ1) is 20.2. The standard InChI is InChI=1S/C21H14BrNO6S/c1-27-20(25)17-8-6-15(29-17)11-23-19(24)18(30-21(23)26)10-14-5-7-16(28-14)12-3-2-4-13(22)9-12/h2-10H,11H2,1H3/b18-10+. The van der Waals surface area contributed by atoms with Gasteiger partial charge in [0, 0.05) is 16.1 Å². The number of esters is 1. The molecule has 1 aliphatic rings. The van der Waals surface area contributed by atoms with E-state index in [9.17, 15) is 14.4 Å². The number of methoxy groups -OCH3 is 1. The first-order chi connectivity index (χ1) is 14.4. The van der Waals surface area contributed by atoms with Gasteiger partial charge in [0.2, 0.25) is 5.76 Å². The summed E-state index contributed by atoms with van der Waals surface area (Å²) >= 11 is 4.24. The van der Waals surface area contributed by atoms with E-state index in [0.717, 1.165) is 26.7 Å². The molecule has 3 heterocycles. The number of hydrogen-bond donors (Lipinski definition) is 0. The second-order valence-corrected chi connectivity index (χ2v) is 8.15. The monoisotopic (exact) mass is 487 g/mol. The van der Waals surface area contributed by atoms with Crippen LogP contribution in [0.15, 0.2) is 66.7 Å². The number of halogens is 1. The molecule has 4 rings (SSSR count). The molecule has 1 aliphatic heterocycles. The van der Waals surface area contributed by atoms with Crippen molar-refractivity contribution in [3.63, 3.8) is 0 Å². The van der Waals surface area contributed by atoms with Crippen molar-refractivity contribution in [1.29, 1.82) is 0 Å². The molecule has 0 unspecified atom stereocenters. The van der Waals surface area contributed by atoms with Gasteiger partial charge in [0.1, 0.15) is 17.3 Å². The zero-order valence-corrected chi connectivity index (χ0v) is 18.0. The van der Waals surface area contributed by atoms with Gasteiger partial charge in [-0.2, -0.15) is 0 Å². The van der Waals surface area contributed by atoms with Gasteiger partial charge in [-0.3, -0.25) is 14.5 Å². The van der Waals surface area contributed by atoms with Crippen molar-refractivity contribution in [2.75, 3.05) is 7.11 Å². The third-order valence-corrected chi connectivity index (χ3v) is 5.65. The number of furan rings is 2. The van der Waals surface area contributed by atoms with E-state index >= 15 is 0 Å². The van der Waals surface area contributed by atoms with Crippen LogP contribution in [0.3, 0.4) is 0 Å². The van der Waals surface area contributed by atoms with Gasteiger partial charge in [0.15, 0.2) is 0 Å². The smallest absolute Gasteiger partial charge is 0.373 e. The van der Waals surface area contributed by atoms with E-state index in [-0.39, 0.29) is 17.2 Å². The Morgan fingerprint density at radius 1 is 1.17 bits per heavy atom. The second-order valence-electron chi connectivity index (χ2n) is 6.24. The van der Waals surface area contributed by atoms with Gasteiger partial charge in [-0.05, 0) is 48.2 Å². The van der Waals surface area contributed by atoms with Crippen molar-refractivity contribution in [1.82, 2.24) is 4.90 Å². The molecule has 0 N–H and O–H groups in total. The lowest BCUT2D eigenvalue weighted by Crippen LogP contribution is -2.27. The van der Waals surface area contributed by atoms with Gasteiger partial charge < -0.3 is 13.6 Å². The van der Waals surface area contributed by atoms with E-state index in [0.29, 0.717) is 17.3 Å². The summed E-state index contributed by atoms with van der Waals surface area (Å²) < 4.78 is 16.6. The second kappa shape index (κ2) is 8.37. The minimum absolute atomic E-state index is 0.00526. The Kier molecular flexibility index (Phi) is 5.65. The summed E-state index contributed by atoms with van der Waals surface area (Å²) in [6.07, 6.45) is 1.54. The van der Waals surface area contributed by atoms with Crippen LogP contribution in [0.2, 0.25) is 0 Å². The third kappa shape index (κ3) is 4.12. The van der Waals surface area contributed by atoms with E-state index in [1.54, 1.807) is 12.1 Å². The van der Waals surface area contributed by atoms with Crippen molar-refractivity contribution in [3.8, 4) is 11.3 Å². The molecule has 1 aromatic carbocycles. The molecule has 152 valence electrons. The predicted octanol–water partition coefficient (Wildman–Crippen LogP) is 5.33. The summed E-state index contributed by atoms with van der Waals surface area (Å²) in [4.78, 5) is 37.8. The van der Waals surface area contributed by atoms with Gasteiger partial charge in [-0.15, -0.1) is 0 Å². The molecule has 1 fully saturated rings. The van der Waals surface area contributed by atoms with Crippen LogP contribution in [0.4, 0.5) is 4.79 Å². The number of nitrogens with zero attached hydrogens (tertiary/aromatic N) is 1. The molecule has 0 saturated carbocycles. The summed E-state index contributed by atoms with van der Waals surface area (Å²) in [6, 6.07) is 14.1. The van der Waals surface area contributed by atoms with Crippen LogP contribution in [0, 0.1) is 0 Å². The van der Waals surface area contributed by atoms with Crippen LogP contribution >= 0.6 is 27.7 Å². The lowest BCUT2D eigenvalue weighted by atomic mass is 10.2. The van der Waals surface area contributed by atoms with Crippen LogP contribution in [0.5, 0.6) is 0 Å². The predicted molar refractivity (Wildman–Crippen MR) is 113 cm³/mol. The maximum absolute atomic E-state index is 12.7. The Morgan fingerprint density at radius 2 is 2.00 bits per heavy atom. The van der Waals surface area contributed by atoms with Crippen LogP contribution < -0.4 is 0 Å². The Balaban J connectivity index is 1.50. The van der Waals surface area contributed by atoms with Gasteiger partial charge >= 0.3 is 5.97 Å². The Hall–Kier alpha value is -3.04. The fraction of sp³-hybridized carbons (Fsp3) is 0.0952. The highest BCUT2D eigenvalue weighted by molar-refractivity contribution is 9.10. The average Bonchev–Trinajstić information content (AvgIpc) is 3.45. The molecule has 0 atom stereocenters. The molecule has 2 aromatic heterocycles. The number of hydrogen-bond acceptors (Lipinski definition) is 7. The van der Waals surface area contributed by atoms with Crippen molar-refractivity contribution in [2.24, 2.45) is 0 Å². The fourth-order valence-corrected chi connectivity index (χ4v) is 4.04. The summed E-state index contributed by atoms with van der Waals surface area (Å²) in [5.41, 5.74) is 0.886. The number of ether oxygens (including phenoxy) is 1. The fourth-order valence-electron chi connectivity index (χ4n) is 2.82. The third-order valence-electron chi connectivity index (χ3n) is 4.25. The number of imide groups is 1. The molecule has 0 spiro atoms. The first-order valence-electron chi connectivity index (χ1n) is 8.73. The molecule has 0 aliphatic carbocycles. The van der Waals surface area contributed by atoms with Crippen molar-refractivity contribution >= 4 is 50.9 Å². The summed E-state index contributed by atoms with van der Waals surface area (Å²) in [6.45, 7) is -0.0829. The van der Waals surface area contributed by atoms with E-state index in [1.165, 1.54) is 25.3 Å². The molecule has 9 heteroatoms. The highest BCUT2D eigenvalue weighted by Crippen LogP contribution is 2.34. The molecule has 2 amide bonds. The SMILES string of the molecule is COC(=O)c1ccc(CN2C(=O)S/C(=C/c3ccc(-c4cccc(Br)c4)o3)C2=O)o1. The van der Waals surface area contributed by atoms with Crippen molar-refractivity contribution < 1.29 is 28.0 Å². The van der Waals surface area contributed by atoms with Gasteiger partial charge in [0.25, 0.3) is 11.1 Å².